The molecule has 0 rings (SSSR count). The van der Waals surface area contributed by atoms with Gasteiger partial charge in [0.2, 0.25) is 5.91 Å². The zero-order chi connectivity index (χ0) is 14.0. The number of ether oxygens (including phenoxy) is 1. The minimum atomic E-state index is -0.319. The quantitative estimate of drug-likeness (QED) is 0.574. The first kappa shape index (κ1) is 16.9. The summed E-state index contributed by atoms with van der Waals surface area (Å²) < 4.78 is 4.61. The highest BCUT2D eigenvalue weighted by Gasteiger charge is 2.16. The summed E-state index contributed by atoms with van der Waals surface area (Å²) in [6.07, 6.45) is 1.67. The summed E-state index contributed by atoms with van der Waals surface area (Å²) in [6.45, 7) is 4.31. The molecule has 0 aromatic carbocycles. The Balaban J connectivity index is 4.21. The van der Waals surface area contributed by atoms with Crippen molar-refractivity contribution in [1.29, 1.82) is 0 Å². The number of carbonyl (C=O) groups excluding carboxylic acids is 2. The van der Waals surface area contributed by atoms with Gasteiger partial charge in [0.15, 0.2) is 0 Å². The highest BCUT2D eigenvalue weighted by Crippen LogP contribution is 1.96. The van der Waals surface area contributed by atoms with Gasteiger partial charge in [0.25, 0.3) is 0 Å². The third-order valence-corrected chi connectivity index (χ3v) is 2.60. The van der Waals surface area contributed by atoms with Crippen LogP contribution in [0, 0.1) is 0 Å². The number of nitrogens with zero attached hydrogens (tertiary/aromatic N) is 2. The maximum Gasteiger partial charge on any atom is 0.319 e. The minimum Gasteiger partial charge on any atom is -0.468 e. The zero-order valence-corrected chi connectivity index (χ0v) is 11.6. The van der Waals surface area contributed by atoms with Crippen molar-refractivity contribution in [3.63, 3.8) is 0 Å². The van der Waals surface area contributed by atoms with E-state index in [1.54, 1.807) is 16.8 Å². The first-order valence-electron chi connectivity index (χ1n) is 6.28. The van der Waals surface area contributed by atoms with E-state index in [4.69, 9.17) is 5.73 Å². The molecule has 0 fully saturated rings. The molecule has 0 radical (unpaired) electrons. The second kappa shape index (κ2) is 9.85. The Kier molecular flexibility index (Phi) is 9.22. The molecular weight excluding hydrogens is 234 g/mol. The minimum absolute atomic E-state index is 0.000744. The van der Waals surface area contributed by atoms with Gasteiger partial charge in [0.05, 0.1) is 20.2 Å². The van der Waals surface area contributed by atoms with Crippen molar-refractivity contribution in [3.05, 3.63) is 0 Å². The molecule has 1 amide bonds. The van der Waals surface area contributed by atoms with Crippen LogP contribution in [0.3, 0.4) is 0 Å². The molecule has 0 aromatic heterocycles. The standard InChI is InChI=1S/C12H25N3O3/c1-4-7-15(10-12(17)18-3)9-11(16)14(2)8-5-6-13/h4-10,13H2,1-3H3. The monoisotopic (exact) mass is 259 g/mol. The maximum atomic E-state index is 11.9. The van der Waals surface area contributed by atoms with Gasteiger partial charge in [-0.1, -0.05) is 6.92 Å². The van der Waals surface area contributed by atoms with Crippen molar-refractivity contribution < 1.29 is 14.3 Å². The molecule has 0 unspecified atom stereocenters. The molecule has 0 bridgehead atoms. The average molecular weight is 259 g/mol. The number of hydrogen-bond acceptors (Lipinski definition) is 5. The Labute approximate surface area is 109 Å². The summed E-state index contributed by atoms with van der Waals surface area (Å²) in [5, 5.41) is 0. The molecule has 0 heterocycles. The van der Waals surface area contributed by atoms with Crippen LogP contribution in [0.25, 0.3) is 0 Å². The van der Waals surface area contributed by atoms with Crippen LogP contribution >= 0.6 is 0 Å². The number of rotatable bonds is 9. The maximum absolute atomic E-state index is 11.9. The molecule has 6 nitrogen and oxygen atoms in total. The normalized spacial score (nSPS) is 10.5. The van der Waals surface area contributed by atoms with Crippen LogP contribution in [0.1, 0.15) is 19.8 Å². The highest BCUT2D eigenvalue weighted by atomic mass is 16.5. The molecule has 0 aliphatic rings. The van der Waals surface area contributed by atoms with Gasteiger partial charge in [-0.3, -0.25) is 14.5 Å². The molecule has 106 valence electrons. The second-order valence-corrected chi connectivity index (χ2v) is 4.24. The summed E-state index contributed by atoms with van der Waals surface area (Å²) in [5.74, 6) is -0.318. The van der Waals surface area contributed by atoms with E-state index in [1.807, 2.05) is 6.92 Å². The Morgan fingerprint density at radius 1 is 1.22 bits per heavy atom. The van der Waals surface area contributed by atoms with Crippen LogP contribution in [0.5, 0.6) is 0 Å². The van der Waals surface area contributed by atoms with E-state index < -0.39 is 0 Å². The predicted octanol–water partition coefficient (Wildman–Crippen LogP) is -0.321. The number of likely N-dealkylation sites (N-methyl/N-ethyl adjacent to an activating group) is 1. The van der Waals surface area contributed by atoms with Crippen molar-refractivity contribution >= 4 is 11.9 Å². The van der Waals surface area contributed by atoms with Gasteiger partial charge in [-0.05, 0) is 25.9 Å². The fourth-order valence-corrected chi connectivity index (χ4v) is 1.54. The second-order valence-electron chi connectivity index (χ2n) is 4.24. The molecule has 0 atom stereocenters. The Morgan fingerprint density at radius 2 is 1.89 bits per heavy atom. The van der Waals surface area contributed by atoms with Gasteiger partial charge < -0.3 is 15.4 Å². The Hall–Kier alpha value is -1.14. The van der Waals surface area contributed by atoms with E-state index in [0.717, 1.165) is 12.8 Å². The van der Waals surface area contributed by atoms with E-state index >= 15 is 0 Å². The van der Waals surface area contributed by atoms with Crippen LogP contribution in [0.15, 0.2) is 0 Å². The lowest BCUT2D eigenvalue weighted by Crippen LogP contribution is -2.41. The van der Waals surface area contributed by atoms with Crippen LogP contribution in [-0.2, 0) is 14.3 Å². The molecule has 0 saturated heterocycles. The molecular formula is C12H25N3O3. The topological polar surface area (TPSA) is 75.9 Å². The molecule has 18 heavy (non-hydrogen) atoms. The number of methoxy groups -OCH3 is 1. The zero-order valence-electron chi connectivity index (χ0n) is 11.6. The molecule has 0 saturated carbocycles. The average Bonchev–Trinajstić information content (AvgIpc) is 2.35. The van der Waals surface area contributed by atoms with Crippen LogP contribution in [0.4, 0.5) is 0 Å². The third kappa shape index (κ3) is 7.24. The molecule has 0 aliphatic carbocycles. The van der Waals surface area contributed by atoms with Crippen molar-refractivity contribution in [1.82, 2.24) is 9.80 Å². The van der Waals surface area contributed by atoms with E-state index in [1.165, 1.54) is 7.11 Å². The van der Waals surface area contributed by atoms with Crippen LogP contribution in [-0.4, -0.2) is 68.6 Å². The van der Waals surface area contributed by atoms with E-state index in [9.17, 15) is 9.59 Å². The van der Waals surface area contributed by atoms with Gasteiger partial charge in [0.1, 0.15) is 0 Å². The van der Waals surface area contributed by atoms with Crippen molar-refractivity contribution in [2.75, 3.05) is 46.9 Å². The smallest absolute Gasteiger partial charge is 0.319 e. The number of carbonyl (C=O) groups is 2. The summed E-state index contributed by atoms with van der Waals surface area (Å²) in [7, 11) is 3.10. The molecule has 6 heteroatoms. The molecule has 0 spiro atoms. The lowest BCUT2D eigenvalue weighted by atomic mass is 10.3. The fourth-order valence-electron chi connectivity index (χ4n) is 1.54. The fraction of sp³-hybridized carbons (Fsp3) is 0.833. The predicted molar refractivity (Wildman–Crippen MR) is 70.1 cm³/mol. The van der Waals surface area contributed by atoms with Gasteiger partial charge in [0, 0.05) is 13.6 Å². The number of esters is 1. The number of hydrogen-bond donors (Lipinski definition) is 1. The van der Waals surface area contributed by atoms with Crippen molar-refractivity contribution in [3.8, 4) is 0 Å². The molecule has 0 aliphatic heterocycles. The van der Waals surface area contributed by atoms with E-state index in [2.05, 4.69) is 4.74 Å². The number of amides is 1. The largest absolute Gasteiger partial charge is 0.468 e. The molecule has 0 aromatic rings. The van der Waals surface area contributed by atoms with Gasteiger partial charge in [-0.2, -0.15) is 0 Å². The van der Waals surface area contributed by atoms with Crippen LogP contribution < -0.4 is 5.73 Å². The molecule has 2 N–H and O–H groups in total. The van der Waals surface area contributed by atoms with Gasteiger partial charge in [-0.25, -0.2) is 0 Å². The first-order valence-corrected chi connectivity index (χ1v) is 6.28. The lowest BCUT2D eigenvalue weighted by molar-refractivity contribution is -0.142. The first-order chi connectivity index (χ1) is 8.54. The van der Waals surface area contributed by atoms with Crippen molar-refractivity contribution in [2.45, 2.75) is 19.8 Å². The highest BCUT2D eigenvalue weighted by molar-refractivity contribution is 5.79. The summed E-state index contributed by atoms with van der Waals surface area (Å²) >= 11 is 0. The Bertz CT molecular complexity index is 259. The lowest BCUT2D eigenvalue weighted by Gasteiger charge is -2.23. The van der Waals surface area contributed by atoms with Crippen LogP contribution in [0.2, 0.25) is 0 Å². The number of nitrogens with two attached hydrogens (primary N) is 1. The Morgan fingerprint density at radius 3 is 2.39 bits per heavy atom. The third-order valence-electron chi connectivity index (χ3n) is 2.60. The van der Waals surface area contributed by atoms with Crippen molar-refractivity contribution in [2.24, 2.45) is 5.73 Å². The van der Waals surface area contributed by atoms with Gasteiger partial charge in [-0.15, -0.1) is 0 Å². The summed E-state index contributed by atoms with van der Waals surface area (Å²) in [6, 6.07) is 0. The summed E-state index contributed by atoms with van der Waals surface area (Å²) in [5.41, 5.74) is 5.40. The van der Waals surface area contributed by atoms with Gasteiger partial charge >= 0.3 is 5.97 Å². The summed E-state index contributed by atoms with van der Waals surface area (Å²) in [4.78, 5) is 26.6. The van der Waals surface area contributed by atoms with E-state index in [-0.39, 0.29) is 25.0 Å². The van der Waals surface area contributed by atoms with E-state index in [0.29, 0.717) is 19.6 Å². The SMILES string of the molecule is CCCN(CC(=O)OC)CC(=O)N(C)CCCN.